The molecule has 0 spiro atoms. The maximum Gasteiger partial charge on any atom is 0.123 e. The van der Waals surface area contributed by atoms with Gasteiger partial charge in [-0.1, -0.05) is 12.1 Å². The van der Waals surface area contributed by atoms with Crippen LogP contribution in [0.25, 0.3) is 0 Å². The van der Waals surface area contributed by atoms with Gasteiger partial charge >= 0.3 is 0 Å². The normalized spacial score (nSPS) is 12.6. The van der Waals surface area contributed by atoms with Gasteiger partial charge in [0.2, 0.25) is 0 Å². The Morgan fingerprint density at radius 3 is 2.47 bits per heavy atom. The minimum atomic E-state index is -0.205. The first kappa shape index (κ1) is 11.9. The van der Waals surface area contributed by atoms with Gasteiger partial charge in [0, 0.05) is 6.42 Å². The van der Waals surface area contributed by atoms with Crippen molar-refractivity contribution < 1.29 is 8.81 Å². The van der Waals surface area contributed by atoms with Crippen molar-refractivity contribution in [2.75, 3.05) is 6.54 Å². The molecule has 2 nitrogen and oxygen atoms in total. The predicted octanol–water partition coefficient (Wildman–Crippen LogP) is 2.78. The molecule has 90 valence electrons. The highest BCUT2D eigenvalue weighted by Gasteiger charge is 2.10. The molecule has 0 saturated heterocycles. The van der Waals surface area contributed by atoms with Crippen LogP contribution in [0.1, 0.15) is 11.3 Å². The van der Waals surface area contributed by atoms with E-state index in [4.69, 9.17) is 10.2 Å². The highest BCUT2D eigenvalue weighted by Crippen LogP contribution is 2.14. The number of halogens is 1. The average molecular weight is 233 g/mol. The van der Waals surface area contributed by atoms with E-state index < -0.39 is 0 Å². The molecule has 0 radical (unpaired) electrons. The van der Waals surface area contributed by atoms with Crippen LogP contribution in [-0.4, -0.2) is 6.54 Å². The Bertz CT molecular complexity index is 436. The van der Waals surface area contributed by atoms with Gasteiger partial charge < -0.3 is 10.2 Å². The molecule has 0 aliphatic heterocycles. The lowest BCUT2D eigenvalue weighted by Crippen LogP contribution is -2.19. The summed E-state index contributed by atoms with van der Waals surface area (Å²) >= 11 is 0. The molecule has 2 aromatic rings. The summed E-state index contributed by atoms with van der Waals surface area (Å²) in [5.41, 5.74) is 6.86. The van der Waals surface area contributed by atoms with E-state index >= 15 is 0 Å². The van der Waals surface area contributed by atoms with Gasteiger partial charge in [0.05, 0.1) is 6.26 Å². The zero-order chi connectivity index (χ0) is 12.1. The Kier molecular flexibility index (Phi) is 3.94. The van der Waals surface area contributed by atoms with Crippen LogP contribution >= 0.6 is 0 Å². The lowest BCUT2D eigenvalue weighted by atomic mass is 9.95. The summed E-state index contributed by atoms with van der Waals surface area (Å²) in [4.78, 5) is 0. The molecule has 1 atom stereocenters. The van der Waals surface area contributed by atoms with Crippen molar-refractivity contribution in [1.82, 2.24) is 0 Å². The molecule has 3 heteroatoms. The van der Waals surface area contributed by atoms with E-state index in [1.807, 2.05) is 12.1 Å². The second kappa shape index (κ2) is 5.64. The first-order valence-electron chi connectivity index (χ1n) is 5.75. The standard InChI is InChI=1S/C14H16FNO/c15-13-5-3-11(4-6-13)8-12(10-16)9-14-2-1-7-17-14/h1-7,12H,8-10,16H2. The lowest BCUT2D eigenvalue weighted by molar-refractivity contribution is 0.440. The van der Waals surface area contributed by atoms with E-state index in [0.29, 0.717) is 12.5 Å². The van der Waals surface area contributed by atoms with Crippen LogP contribution < -0.4 is 5.73 Å². The Balaban J connectivity index is 1.97. The first-order valence-corrected chi connectivity index (χ1v) is 5.75. The highest BCUT2D eigenvalue weighted by molar-refractivity contribution is 5.17. The Hall–Kier alpha value is -1.61. The van der Waals surface area contributed by atoms with Gasteiger partial charge in [0.15, 0.2) is 0 Å². The lowest BCUT2D eigenvalue weighted by Gasteiger charge is -2.13. The molecule has 1 heterocycles. The van der Waals surface area contributed by atoms with Crippen molar-refractivity contribution in [3.05, 3.63) is 59.8 Å². The zero-order valence-electron chi connectivity index (χ0n) is 9.60. The van der Waals surface area contributed by atoms with Crippen LogP contribution in [0.2, 0.25) is 0 Å². The molecule has 0 aliphatic rings. The molecule has 2 N–H and O–H groups in total. The fourth-order valence-corrected chi connectivity index (χ4v) is 1.91. The van der Waals surface area contributed by atoms with Crippen molar-refractivity contribution in [3.63, 3.8) is 0 Å². The van der Waals surface area contributed by atoms with Crippen LogP contribution in [0.15, 0.2) is 47.1 Å². The van der Waals surface area contributed by atoms with E-state index in [1.54, 1.807) is 18.4 Å². The molecule has 17 heavy (non-hydrogen) atoms. The molecule has 2 rings (SSSR count). The van der Waals surface area contributed by atoms with Crippen molar-refractivity contribution in [1.29, 1.82) is 0 Å². The fourth-order valence-electron chi connectivity index (χ4n) is 1.91. The van der Waals surface area contributed by atoms with Gasteiger partial charge in [0.1, 0.15) is 11.6 Å². The first-order chi connectivity index (χ1) is 8.28. The van der Waals surface area contributed by atoms with Crippen LogP contribution in [-0.2, 0) is 12.8 Å². The fraction of sp³-hybridized carbons (Fsp3) is 0.286. The van der Waals surface area contributed by atoms with Crippen molar-refractivity contribution in [3.8, 4) is 0 Å². The van der Waals surface area contributed by atoms with E-state index in [2.05, 4.69) is 0 Å². The maximum absolute atomic E-state index is 12.8. The number of benzene rings is 1. The summed E-state index contributed by atoms with van der Waals surface area (Å²) in [6.07, 6.45) is 3.33. The van der Waals surface area contributed by atoms with E-state index in [0.717, 1.165) is 24.2 Å². The molecule has 1 unspecified atom stereocenters. The van der Waals surface area contributed by atoms with E-state index in [-0.39, 0.29) is 5.82 Å². The summed E-state index contributed by atoms with van der Waals surface area (Å²) in [7, 11) is 0. The number of furan rings is 1. The minimum Gasteiger partial charge on any atom is -0.469 e. The van der Waals surface area contributed by atoms with Crippen LogP contribution in [0.3, 0.4) is 0 Å². The Morgan fingerprint density at radius 1 is 1.12 bits per heavy atom. The quantitative estimate of drug-likeness (QED) is 0.862. The summed E-state index contributed by atoms with van der Waals surface area (Å²) in [5, 5.41) is 0. The average Bonchev–Trinajstić information content (AvgIpc) is 2.84. The third-order valence-electron chi connectivity index (χ3n) is 2.84. The minimum absolute atomic E-state index is 0.205. The van der Waals surface area contributed by atoms with Crippen LogP contribution in [0.4, 0.5) is 4.39 Å². The second-order valence-electron chi connectivity index (χ2n) is 4.22. The number of nitrogens with two attached hydrogens (primary N) is 1. The Morgan fingerprint density at radius 2 is 1.88 bits per heavy atom. The number of hydrogen-bond acceptors (Lipinski definition) is 2. The van der Waals surface area contributed by atoms with Crippen molar-refractivity contribution >= 4 is 0 Å². The van der Waals surface area contributed by atoms with E-state index in [1.165, 1.54) is 12.1 Å². The van der Waals surface area contributed by atoms with Gasteiger partial charge in [-0.2, -0.15) is 0 Å². The summed E-state index contributed by atoms with van der Waals surface area (Å²) in [6.45, 7) is 0.595. The topological polar surface area (TPSA) is 39.2 Å². The van der Waals surface area contributed by atoms with Crippen molar-refractivity contribution in [2.24, 2.45) is 11.7 Å². The molecule has 0 aliphatic carbocycles. The maximum atomic E-state index is 12.8. The second-order valence-corrected chi connectivity index (χ2v) is 4.22. The number of rotatable bonds is 5. The van der Waals surface area contributed by atoms with Gasteiger partial charge in [-0.3, -0.25) is 0 Å². The molecule has 0 fully saturated rings. The molecule has 1 aromatic carbocycles. The van der Waals surface area contributed by atoms with E-state index in [9.17, 15) is 4.39 Å². The molecular formula is C14H16FNO. The van der Waals surface area contributed by atoms with Gasteiger partial charge in [-0.15, -0.1) is 0 Å². The Labute approximate surface area is 100 Å². The summed E-state index contributed by atoms with van der Waals surface area (Å²) < 4.78 is 18.1. The third-order valence-corrected chi connectivity index (χ3v) is 2.84. The van der Waals surface area contributed by atoms with Gasteiger partial charge in [-0.25, -0.2) is 4.39 Å². The monoisotopic (exact) mass is 233 g/mol. The van der Waals surface area contributed by atoms with Crippen LogP contribution in [0, 0.1) is 11.7 Å². The van der Waals surface area contributed by atoms with Crippen molar-refractivity contribution in [2.45, 2.75) is 12.8 Å². The molecule has 1 aromatic heterocycles. The van der Waals surface area contributed by atoms with Crippen LogP contribution in [0.5, 0.6) is 0 Å². The zero-order valence-corrected chi connectivity index (χ0v) is 9.60. The third kappa shape index (κ3) is 3.43. The summed E-state index contributed by atoms with van der Waals surface area (Å²) in [5.74, 6) is 1.07. The van der Waals surface area contributed by atoms with Gasteiger partial charge in [0.25, 0.3) is 0 Å². The van der Waals surface area contributed by atoms with Gasteiger partial charge in [-0.05, 0) is 48.7 Å². The number of hydrogen-bond donors (Lipinski definition) is 1. The molecular weight excluding hydrogens is 217 g/mol. The predicted molar refractivity (Wildman–Crippen MR) is 65.1 cm³/mol. The largest absolute Gasteiger partial charge is 0.469 e. The smallest absolute Gasteiger partial charge is 0.123 e. The highest BCUT2D eigenvalue weighted by atomic mass is 19.1. The molecule has 0 amide bonds. The SMILES string of the molecule is NCC(Cc1ccc(F)cc1)Cc1ccco1. The molecule has 0 bridgehead atoms. The summed E-state index contributed by atoms with van der Waals surface area (Å²) in [6, 6.07) is 10.4. The molecule has 0 saturated carbocycles.